The van der Waals surface area contributed by atoms with E-state index in [1.54, 1.807) is 13.8 Å². The van der Waals surface area contributed by atoms with Gasteiger partial charge in [-0.25, -0.2) is 19.1 Å². The summed E-state index contributed by atoms with van der Waals surface area (Å²) in [5, 5.41) is 57.4. The molecule has 0 bridgehead atoms. The number of hydrogen-bond donors (Lipinski definition) is 8. The Hall–Kier alpha value is -1.97. The van der Waals surface area contributed by atoms with Crippen LogP contribution >= 0.6 is 11.3 Å². The van der Waals surface area contributed by atoms with Gasteiger partial charge in [0.05, 0.1) is 6.20 Å². The molecule has 0 radical (unpaired) electrons. The molecule has 13 heteroatoms. The standard InChI is InChI=1S/C13H16N2O5.C6H10N2O2S2/c14-11(16)15-10-6-1-3-12(17,18)8(6)5-9-7(10)2-4-13(9,19)20;1-6(2,9)5-8-3-4(11-5)12(7)10/h5,17-20H,1-4H2,(H3,14,15,16);3,9H,7H2,1-2H3. The Labute approximate surface area is 190 Å². The highest BCUT2D eigenvalue weighted by molar-refractivity contribution is 7.85. The van der Waals surface area contributed by atoms with Crippen LogP contribution in [0.15, 0.2) is 16.5 Å². The van der Waals surface area contributed by atoms with Crippen molar-refractivity contribution in [3.63, 3.8) is 0 Å². The van der Waals surface area contributed by atoms with Crippen molar-refractivity contribution in [3.05, 3.63) is 39.5 Å². The number of nitrogens with one attached hydrogen (secondary N) is 1. The number of aromatic nitrogens is 1. The van der Waals surface area contributed by atoms with Gasteiger partial charge >= 0.3 is 6.03 Å². The van der Waals surface area contributed by atoms with Gasteiger partial charge in [-0.1, -0.05) is 0 Å². The predicted molar refractivity (Wildman–Crippen MR) is 116 cm³/mol. The molecular formula is C19H26N4O7S2. The lowest BCUT2D eigenvalue weighted by atomic mass is 9.96. The van der Waals surface area contributed by atoms with Gasteiger partial charge in [-0.3, -0.25) is 0 Å². The summed E-state index contributed by atoms with van der Waals surface area (Å²) in [7, 11) is -1.50. The predicted octanol–water partition coefficient (Wildman–Crippen LogP) is -0.304. The third kappa shape index (κ3) is 4.84. The molecule has 10 N–H and O–H groups in total. The molecule has 1 heterocycles. The number of nitrogens with two attached hydrogens (primary N) is 2. The molecule has 0 spiro atoms. The molecule has 11 nitrogen and oxygen atoms in total. The van der Waals surface area contributed by atoms with Crippen molar-refractivity contribution < 1.29 is 34.5 Å². The van der Waals surface area contributed by atoms with Crippen molar-refractivity contribution >= 4 is 34.0 Å². The fourth-order valence-electron chi connectivity index (χ4n) is 3.78. The lowest BCUT2D eigenvalue weighted by Crippen LogP contribution is -2.26. The van der Waals surface area contributed by atoms with Crippen LogP contribution in [0.4, 0.5) is 10.5 Å². The number of amides is 2. The number of nitrogens with zero attached hydrogens (tertiary/aromatic N) is 1. The minimum absolute atomic E-state index is 0.0858. The highest BCUT2D eigenvalue weighted by atomic mass is 32.2. The van der Waals surface area contributed by atoms with E-state index in [0.717, 1.165) is 11.3 Å². The summed E-state index contributed by atoms with van der Waals surface area (Å²) in [6, 6.07) is 0.624. The van der Waals surface area contributed by atoms with E-state index in [9.17, 15) is 34.5 Å². The summed E-state index contributed by atoms with van der Waals surface area (Å²) >= 11 is 1.16. The van der Waals surface area contributed by atoms with Crippen molar-refractivity contribution in [2.24, 2.45) is 10.9 Å². The number of rotatable bonds is 3. The van der Waals surface area contributed by atoms with E-state index in [1.807, 2.05) is 0 Å². The molecule has 0 saturated heterocycles. The smallest absolute Gasteiger partial charge is 0.316 e. The van der Waals surface area contributed by atoms with Gasteiger partial charge < -0.3 is 36.6 Å². The average Bonchev–Trinajstić information content (AvgIpc) is 3.33. The van der Waals surface area contributed by atoms with Crippen LogP contribution in [0.5, 0.6) is 0 Å². The lowest BCUT2D eigenvalue weighted by molar-refractivity contribution is -0.170. The number of carbonyl (C=O) groups is 1. The largest absolute Gasteiger partial charge is 0.383 e. The van der Waals surface area contributed by atoms with Gasteiger partial charge in [-0.2, -0.15) is 0 Å². The van der Waals surface area contributed by atoms with E-state index in [1.165, 1.54) is 12.3 Å². The normalized spacial score (nSPS) is 18.9. The number of anilines is 1. The van der Waals surface area contributed by atoms with Crippen LogP contribution in [0.2, 0.25) is 0 Å². The van der Waals surface area contributed by atoms with Crippen molar-refractivity contribution in [1.82, 2.24) is 4.98 Å². The lowest BCUT2D eigenvalue weighted by Gasteiger charge is -2.22. The second-order valence-corrected chi connectivity index (χ2v) is 10.6. The molecule has 1 unspecified atom stereocenters. The second-order valence-electron chi connectivity index (χ2n) is 8.27. The summed E-state index contributed by atoms with van der Waals surface area (Å²) in [5.41, 5.74) is 6.09. The zero-order valence-electron chi connectivity index (χ0n) is 17.5. The summed E-state index contributed by atoms with van der Waals surface area (Å²) in [4.78, 5) is 15.1. The van der Waals surface area contributed by atoms with E-state index in [4.69, 9.17) is 10.9 Å². The molecule has 0 saturated carbocycles. The van der Waals surface area contributed by atoms with Crippen molar-refractivity contribution in [2.45, 2.75) is 60.9 Å². The maximum atomic E-state index is 11.2. The molecule has 2 aromatic rings. The van der Waals surface area contributed by atoms with Crippen LogP contribution in [0, 0.1) is 0 Å². The molecule has 2 amide bonds. The van der Waals surface area contributed by atoms with Crippen molar-refractivity contribution in [3.8, 4) is 0 Å². The first kappa shape index (κ1) is 24.7. The highest BCUT2D eigenvalue weighted by Crippen LogP contribution is 2.47. The Morgan fingerprint density at radius 3 is 2.00 bits per heavy atom. The second kappa shape index (κ2) is 8.43. The van der Waals surface area contributed by atoms with E-state index < -0.39 is 34.2 Å². The Kier molecular flexibility index (Phi) is 6.49. The van der Waals surface area contributed by atoms with Crippen LogP contribution in [-0.4, -0.2) is 40.8 Å². The summed E-state index contributed by atoms with van der Waals surface area (Å²) in [6.07, 6.45) is 2.34. The third-order valence-electron chi connectivity index (χ3n) is 5.31. The van der Waals surface area contributed by atoms with E-state index in [0.29, 0.717) is 38.9 Å². The summed E-state index contributed by atoms with van der Waals surface area (Å²) in [5.74, 6) is -4.06. The van der Waals surface area contributed by atoms with Crippen molar-refractivity contribution in [2.75, 3.05) is 5.32 Å². The Morgan fingerprint density at radius 2 is 1.66 bits per heavy atom. The number of benzene rings is 1. The molecule has 1 atom stereocenters. The molecule has 1 aromatic carbocycles. The Bertz CT molecular complexity index is 1030. The van der Waals surface area contributed by atoms with Gasteiger partial charge in [0.15, 0.2) is 11.6 Å². The zero-order valence-corrected chi connectivity index (χ0v) is 19.1. The van der Waals surface area contributed by atoms with Crippen molar-refractivity contribution in [1.29, 1.82) is 0 Å². The van der Waals surface area contributed by atoms with E-state index in [-0.39, 0.29) is 24.0 Å². The minimum Gasteiger partial charge on any atom is -0.383 e. The number of urea groups is 1. The molecule has 0 fully saturated rings. The fraction of sp³-hybridized carbons (Fsp3) is 0.474. The highest BCUT2D eigenvalue weighted by Gasteiger charge is 2.43. The molecule has 0 aliphatic heterocycles. The number of primary amides is 1. The number of hydrogen-bond acceptors (Lipinski definition) is 9. The average molecular weight is 487 g/mol. The molecular weight excluding hydrogens is 460 g/mol. The summed E-state index contributed by atoms with van der Waals surface area (Å²) in [6.45, 7) is 3.24. The van der Waals surface area contributed by atoms with E-state index >= 15 is 0 Å². The fourth-order valence-corrected chi connectivity index (χ4v) is 5.15. The maximum absolute atomic E-state index is 11.2. The number of thiazole rings is 1. The Balaban J connectivity index is 0.000000207. The maximum Gasteiger partial charge on any atom is 0.316 e. The topological polar surface area (TPSA) is 212 Å². The molecule has 2 aliphatic carbocycles. The monoisotopic (exact) mass is 486 g/mol. The van der Waals surface area contributed by atoms with Gasteiger partial charge in [0, 0.05) is 29.7 Å². The Morgan fingerprint density at radius 1 is 1.16 bits per heavy atom. The minimum atomic E-state index is -2.03. The molecule has 176 valence electrons. The first-order valence-electron chi connectivity index (χ1n) is 9.64. The molecule has 32 heavy (non-hydrogen) atoms. The van der Waals surface area contributed by atoms with Crippen LogP contribution in [0.1, 0.15) is 54.0 Å². The zero-order chi connectivity index (χ0) is 24.1. The first-order chi connectivity index (χ1) is 14.6. The van der Waals surface area contributed by atoms with E-state index in [2.05, 4.69) is 10.3 Å². The van der Waals surface area contributed by atoms with Gasteiger partial charge in [0.25, 0.3) is 0 Å². The summed E-state index contributed by atoms with van der Waals surface area (Å²) < 4.78 is 11.2. The van der Waals surface area contributed by atoms with Crippen LogP contribution < -0.4 is 16.2 Å². The van der Waals surface area contributed by atoms with Gasteiger partial charge in [0.2, 0.25) is 0 Å². The SMILES string of the molecule is CC(C)(O)c1ncc(S(N)=O)s1.NC(=O)Nc1c2c(cc3c1CCC3(O)O)C(O)(O)CC2. The van der Waals surface area contributed by atoms with Gasteiger partial charge in [-0.15, -0.1) is 11.3 Å². The molecule has 2 aliphatic rings. The van der Waals surface area contributed by atoms with Crippen LogP contribution in [0.3, 0.4) is 0 Å². The quantitative estimate of drug-likeness (QED) is 0.269. The number of carbonyl (C=O) groups excluding carboxylic acids is 1. The van der Waals surface area contributed by atoms with Crippen LogP contribution in [-0.2, 0) is 41.0 Å². The number of aliphatic hydroxyl groups is 5. The van der Waals surface area contributed by atoms with Gasteiger partial charge in [0.1, 0.15) is 25.8 Å². The van der Waals surface area contributed by atoms with Crippen LogP contribution in [0.25, 0.3) is 0 Å². The third-order valence-corrected chi connectivity index (χ3v) is 7.66. The molecule has 1 aromatic heterocycles. The van der Waals surface area contributed by atoms with Gasteiger partial charge in [-0.05, 0) is 43.9 Å². The number of fused-ring (bicyclic) bond motifs is 2. The molecule has 4 rings (SSSR count). The first-order valence-corrected chi connectivity index (χ1v) is 11.7.